The molecule has 0 aliphatic carbocycles. The van der Waals surface area contributed by atoms with E-state index >= 15 is 0 Å². The van der Waals surface area contributed by atoms with Gasteiger partial charge in [0.15, 0.2) is 5.11 Å². The number of benzene rings is 1. The second-order valence-electron chi connectivity index (χ2n) is 4.99. The molecule has 4 nitrogen and oxygen atoms in total. The quantitative estimate of drug-likeness (QED) is 0.831. The first-order valence-corrected chi connectivity index (χ1v) is 7.00. The van der Waals surface area contributed by atoms with Crippen LogP contribution in [0.5, 0.6) is 0 Å². The van der Waals surface area contributed by atoms with Crippen molar-refractivity contribution in [2.45, 2.75) is 20.3 Å². The van der Waals surface area contributed by atoms with Gasteiger partial charge in [-0.3, -0.25) is 10.4 Å². The molecule has 2 N–H and O–H groups in total. The second-order valence-corrected chi connectivity index (χ2v) is 5.37. The van der Waals surface area contributed by atoms with Crippen molar-refractivity contribution in [1.82, 2.24) is 10.7 Å². The van der Waals surface area contributed by atoms with E-state index in [0.29, 0.717) is 11.0 Å². The molecule has 1 aromatic carbocycles. The van der Waals surface area contributed by atoms with Crippen LogP contribution in [0.15, 0.2) is 35.3 Å². The second kappa shape index (κ2) is 6.52. The van der Waals surface area contributed by atoms with E-state index in [-0.39, 0.29) is 0 Å². The lowest BCUT2D eigenvalue weighted by molar-refractivity contribution is 0.626. The molecule has 1 aliphatic rings. The number of hydrogen-bond acceptors (Lipinski definition) is 2. The molecule has 0 unspecified atom stereocenters. The highest BCUT2D eigenvalue weighted by Crippen LogP contribution is 2.14. The number of aliphatic imine (C=N–C) groups is 1. The maximum atomic E-state index is 5.21. The summed E-state index contributed by atoms with van der Waals surface area (Å²) in [4.78, 5) is 4.41. The molecule has 0 bridgehead atoms. The molecule has 1 saturated heterocycles. The predicted octanol–water partition coefficient (Wildman–Crippen LogP) is 2.33. The Hall–Kier alpha value is -1.62. The Balaban J connectivity index is 1.89. The van der Waals surface area contributed by atoms with Gasteiger partial charge < -0.3 is 5.32 Å². The molecule has 1 aliphatic heterocycles. The molecule has 19 heavy (non-hydrogen) atoms. The maximum Gasteiger partial charge on any atom is 0.194 e. The fraction of sp³-hybridized carbons (Fsp3) is 0.429. The van der Waals surface area contributed by atoms with Gasteiger partial charge >= 0.3 is 0 Å². The Bertz CT molecular complexity index is 456. The van der Waals surface area contributed by atoms with Gasteiger partial charge in [0.1, 0.15) is 5.84 Å². The molecular formula is C14H20N4S. The first-order valence-electron chi connectivity index (χ1n) is 6.60. The molecule has 0 spiro atoms. The van der Waals surface area contributed by atoms with Gasteiger partial charge in [0, 0.05) is 19.5 Å². The van der Waals surface area contributed by atoms with Crippen molar-refractivity contribution in [3.63, 3.8) is 0 Å². The van der Waals surface area contributed by atoms with Crippen molar-refractivity contribution >= 4 is 28.9 Å². The normalized spacial score (nSPS) is 16.8. The standard InChI is InChI=1S/C14H20N4S/c1-11(2)10-15-14(19)16-13-8-9-18(17-13)12-6-4-3-5-7-12/h3-7,11H,8-10H2,1-2H3,(H2,15,16,17,19). The summed E-state index contributed by atoms with van der Waals surface area (Å²) in [5, 5.41) is 5.80. The monoisotopic (exact) mass is 276 g/mol. The van der Waals surface area contributed by atoms with Crippen molar-refractivity contribution in [3.8, 4) is 0 Å². The number of hydrazine groups is 1. The van der Waals surface area contributed by atoms with Gasteiger partial charge in [0.25, 0.3) is 0 Å². The highest BCUT2D eigenvalue weighted by Gasteiger charge is 2.17. The van der Waals surface area contributed by atoms with Gasteiger partial charge in [-0.05, 0) is 30.3 Å². The minimum atomic E-state index is 0.561. The smallest absolute Gasteiger partial charge is 0.194 e. The van der Waals surface area contributed by atoms with Crippen LogP contribution in [-0.4, -0.2) is 24.0 Å². The third-order valence-corrected chi connectivity index (χ3v) is 3.04. The first kappa shape index (κ1) is 13.8. The molecule has 5 heteroatoms. The fourth-order valence-electron chi connectivity index (χ4n) is 1.82. The van der Waals surface area contributed by atoms with Crippen LogP contribution >= 0.6 is 12.2 Å². The van der Waals surface area contributed by atoms with Gasteiger partial charge in [-0.2, -0.15) is 0 Å². The summed E-state index contributed by atoms with van der Waals surface area (Å²) in [5.74, 6) is 1.49. The summed E-state index contributed by atoms with van der Waals surface area (Å²) in [6, 6.07) is 10.2. The highest BCUT2D eigenvalue weighted by atomic mass is 32.1. The Morgan fingerprint density at radius 1 is 1.42 bits per heavy atom. The Labute approximate surface area is 119 Å². The van der Waals surface area contributed by atoms with Crippen LogP contribution in [0.2, 0.25) is 0 Å². The molecule has 2 rings (SSSR count). The summed E-state index contributed by atoms with van der Waals surface area (Å²) in [7, 11) is 0. The minimum Gasteiger partial charge on any atom is -0.361 e. The van der Waals surface area contributed by atoms with Gasteiger partial charge in [-0.1, -0.05) is 32.0 Å². The number of para-hydroxylation sites is 1. The molecule has 0 radical (unpaired) electrons. The number of anilines is 1. The molecular weight excluding hydrogens is 256 g/mol. The van der Waals surface area contributed by atoms with Crippen molar-refractivity contribution in [2.75, 3.05) is 18.1 Å². The molecule has 0 amide bonds. The van der Waals surface area contributed by atoms with E-state index in [1.807, 2.05) is 18.2 Å². The lowest BCUT2D eigenvalue weighted by Gasteiger charge is -2.17. The average molecular weight is 276 g/mol. The van der Waals surface area contributed by atoms with E-state index in [4.69, 9.17) is 12.2 Å². The van der Waals surface area contributed by atoms with Crippen molar-refractivity contribution in [2.24, 2.45) is 10.9 Å². The van der Waals surface area contributed by atoms with Crippen LogP contribution in [0.3, 0.4) is 0 Å². The van der Waals surface area contributed by atoms with Gasteiger partial charge in [0.05, 0.1) is 5.69 Å². The van der Waals surface area contributed by atoms with Crippen molar-refractivity contribution < 1.29 is 0 Å². The van der Waals surface area contributed by atoms with Gasteiger partial charge in [-0.25, -0.2) is 4.99 Å². The van der Waals surface area contributed by atoms with E-state index < -0.39 is 0 Å². The first-order chi connectivity index (χ1) is 9.15. The lowest BCUT2D eigenvalue weighted by Crippen LogP contribution is -2.34. The molecule has 1 aromatic rings. The van der Waals surface area contributed by atoms with Crippen molar-refractivity contribution in [1.29, 1.82) is 0 Å². The number of thiocarbonyl (C=S) groups is 1. The van der Waals surface area contributed by atoms with E-state index in [9.17, 15) is 0 Å². The largest absolute Gasteiger partial charge is 0.361 e. The topological polar surface area (TPSA) is 39.7 Å². The number of rotatable bonds is 3. The predicted molar refractivity (Wildman–Crippen MR) is 84.4 cm³/mol. The zero-order valence-corrected chi connectivity index (χ0v) is 12.2. The van der Waals surface area contributed by atoms with Crippen LogP contribution in [0, 0.1) is 5.92 Å². The van der Waals surface area contributed by atoms with Crippen LogP contribution < -0.4 is 15.8 Å². The minimum absolute atomic E-state index is 0.561. The summed E-state index contributed by atoms with van der Waals surface area (Å²) < 4.78 is 0. The van der Waals surface area contributed by atoms with E-state index in [0.717, 1.165) is 31.0 Å². The Morgan fingerprint density at radius 3 is 2.84 bits per heavy atom. The highest BCUT2D eigenvalue weighted by molar-refractivity contribution is 7.80. The SMILES string of the molecule is CC(C)CNC(=S)N=C1CCN(c2ccccc2)N1. The number of amidine groups is 1. The number of nitrogens with zero attached hydrogens (tertiary/aromatic N) is 2. The van der Waals surface area contributed by atoms with Crippen LogP contribution in [0.25, 0.3) is 0 Å². The number of nitrogens with one attached hydrogen (secondary N) is 2. The summed E-state index contributed by atoms with van der Waals surface area (Å²) in [6.45, 7) is 6.06. The maximum absolute atomic E-state index is 5.21. The Morgan fingerprint density at radius 2 is 2.16 bits per heavy atom. The van der Waals surface area contributed by atoms with E-state index in [1.165, 1.54) is 0 Å². The Kier molecular flexibility index (Phi) is 4.74. The fourth-order valence-corrected chi connectivity index (χ4v) is 2.01. The van der Waals surface area contributed by atoms with Gasteiger partial charge in [0.2, 0.25) is 0 Å². The number of hydrogen-bond donors (Lipinski definition) is 2. The molecule has 1 heterocycles. The van der Waals surface area contributed by atoms with E-state index in [2.05, 4.69) is 46.7 Å². The average Bonchev–Trinajstić information content (AvgIpc) is 2.86. The molecule has 0 aromatic heterocycles. The summed E-state index contributed by atoms with van der Waals surface area (Å²) in [6.07, 6.45) is 0.887. The van der Waals surface area contributed by atoms with Crippen LogP contribution in [0.4, 0.5) is 5.69 Å². The lowest BCUT2D eigenvalue weighted by atomic mass is 10.2. The van der Waals surface area contributed by atoms with E-state index in [1.54, 1.807) is 0 Å². The van der Waals surface area contributed by atoms with Crippen LogP contribution in [0.1, 0.15) is 20.3 Å². The zero-order chi connectivity index (χ0) is 13.7. The van der Waals surface area contributed by atoms with Crippen molar-refractivity contribution in [3.05, 3.63) is 30.3 Å². The van der Waals surface area contributed by atoms with Gasteiger partial charge in [-0.15, -0.1) is 0 Å². The molecule has 0 saturated carbocycles. The zero-order valence-electron chi connectivity index (χ0n) is 11.4. The molecule has 102 valence electrons. The molecule has 1 fully saturated rings. The third kappa shape index (κ3) is 4.21. The van der Waals surface area contributed by atoms with Crippen LogP contribution in [-0.2, 0) is 0 Å². The summed E-state index contributed by atoms with van der Waals surface area (Å²) in [5.41, 5.74) is 4.43. The summed E-state index contributed by atoms with van der Waals surface area (Å²) >= 11 is 5.21. The molecule has 0 atom stereocenters. The third-order valence-electron chi connectivity index (χ3n) is 2.80.